The molecule has 1 aromatic heterocycles. The third-order valence-electron chi connectivity index (χ3n) is 2.87. The highest BCUT2D eigenvalue weighted by molar-refractivity contribution is 7.14. The molecule has 0 amide bonds. The van der Waals surface area contributed by atoms with E-state index in [1.807, 2.05) is 18.4 Å². The van der Waals surface area contributed by atoms with Crippen molar-refractivity contribution in [3.63, 3.8) is 0 Å². The van der Waals surface area contributed by atoms with Crippen molar-refractivity contribution in [2.45, 2.75) is 19.5 Å². The van der Waals surface area contributed by atoms with E-state index in [1.54, 1.807) is 18.2 Å². The number of benzene rings is 1. The number of nitro groups is 1. The van der Waals surface area contributed by atoms with Crippen LogP contribution in [0.3, 0.4) is 0 Å². The van der Waals surface area contributed by atoms with Crippen LogP contribution in [0.5, 0.6) is 0 Å². The summed E-state index contributed by atoms with van der Waals surface area (Å²) < 4.78 is 0.745. The molecule has 19 heavy (non-hydrogen) atoms. The van der Waals surface area contributed by atoms with Crippen molar-refractivity contribution in [3.8, 4) is 0 Å². The number of halogens is 1. The lowest BCUT2D eigenvalue weighted by atomic mass is 10.1. The van der Waals surface area contributed by atoms with Crippen molar-refractivity contribution in [2.75, 3.05) is 0 Å². The van der Waals surface area contributed by atoms with Crippen molar-refractivity contribution >= 4 is 28.6 Å². The lowest BCUT2D eigenvalue weighted by molar-refractivity contribution is -0.385. The molecular weight excluding hydrogens is 284 g/mol. The Labute approximate surface area is 120 Å². The molecule has 2 aromatic rings. The van der Waals surface area contributed by atoms with Gasteiger partial charge in [0.2, 0.25) is 0 Å². The highest BCUT2D eigenvalue weighted by atomic mass is 35.5. The first kappa shape index (κ1) is 14.0. The Morgan fingerprint density at radius 2 is 2.21 bits per heavy atom. The van der Waals surface area contributed by atoms with E-state index < -0.39 is 0 Å². The Bertz CT molecular complexity index is 586. The number of nitrogens with one attached hydrogen (secondary N) is 1. The van der Waals surface area contributed by atoms with Crippen molar-refractivity contribution in [2.24, 2.45) is 0 Å². The molecule has 1 aromatic carbocycles. The Kier molecular flexibility index (Phi) is 4.52. The van der Waals surface area contributed by atoms with Crippen molar-refractivity contribution in [3.05, 3.63) is 61.3 Å². The molecule has 1 unspecified atom stereocenters. The molecule has 100 valence electrons. The fourth-order valence-electron chi connectivity index (χ4n) is 1.77. The summed E-state index contributed by atoms with van der Waals surface area (Å²) in [6.07, 6.45) is 0. The molecule has 0 spiro atoms. The van der Waals surface area contributed by atoms with E-state index in [4.69, 9.17) is 11.6 Å². The third-order valence-corrected chi connectivity index (χ3v) is 3.98. The van der Waals surface area contributed by atoms with E-state index in [0.717, 1.165) is 9.90 Å². The molecule has 1 N–H and O–H groups in total. The second-order valence-electron chi connectivity index (χ2n) is 4.17. The number of para-hydroxylation sites is 1. The van der Waals surface area contributed by atoms with E-state index in [-0.39, 0.29) is 16.7 Å². The quantitative estimate of drug-likeness (QED) is 0.666. The van der Waals surface area contributed by atoms with Gasteiger partial charge in [-0.2, -0.15) is 0 Å². The second-order valence-corrected chi connectivity index (χ2v) is 5.72. The second kappa shape index (κ2) is 6.14. The van der Waals surface area contributed by atoms with Gasteiger partial charge in [-0.15, -0.1) is 11.3 Å². The molecule has 0 aliphatic carbocycles. The standard InChI is InChI=1S/C13H13ClN2O2S/c1-9(11-6-13(14)19-8-11)15-7-10-4-2-3-5-12(10)16(17)18/h2-6,8-9,15H,7H2,1H3. The first-order valence-corrected chi connectivity index (χ1v) is 7.03. The lowest BCUT2D eigenvalue weighted by Gasteiger charge is -2.12. The molecule has 0 aliphatic heterocycles. The van der Waals surface area contributed by atoms with Gasteiger partial charge >= 0.3 is 0 Å². The first-order valence-electron chi connectivity index (χ1n) is 5.77. The summed E-state index contributed by atoms with van der Waals surface area (Å²) >= 11 is 7.37. The molecule has 0 saturated carbocycles. The highest BCUT2D eigenvalue weighted by Crippen LogP contribution is 2.25. The van der Waals surface area contributed by atoms with Crippen molar-refractivity contribution in [1.29, 1.82) is 0 Å². The lowest BCUT2D eigenvalue weighted by Crippen LogP contribution is -2.18. The van der Waals surface area contributed by atoms with Crippen molar-refractivity contribution < 1.29 is 4.92 Å². The van der Waals surface area contributed by atoms with Gasteiger partial charge in [-0.1, -0.05) is 29.8 Å². The van der Waals surface area contributed by atoms with E-state index in [0.29, 0.717) is 12.1 Å². The largest absolute Gasteiger partial charge is 0.306 e. The molecular formula is C13H13ClN2O2S. The van der Waals surface area contributed by atoms with Gasteiger partial charge in [-0.25, -0.2) is 0 Å². The zero-order chi connectivity index (χ0) is 13.8. The Hall–Kier alpha value is -1.43. The Morgan fingerprint density at radius 3 is 2.84 bits per heavy atom. The van der Waals surface area contributed by atoms with Crippen LogP contribution < -0.4 is 5.32 Å². The number of nitro benzene ring substituents is 1. The maximum Gasteiger partial charge on any atom is 0.273 e. The van der Waals surface area contributed by atoms with Crippen molar-refractivity contribution in [1.82, 2.24) is 5.32 Å². The molecule has 0 bridgehead atoms. The minimum atomic E-state index is -0.358. The summed E-state index contributed by atoms with van der Waals surface area (Å²) in [7, 11) is 0. The molecule has 0 radical (unpaired) electrons. The van der Waals surface area contributed by atoms with Crippen LogP contribution in [0.2, 0.25) is 4.34 Å². The smallest absolute Gasteiger partial charge is 0.273 e. The summed E-state index contributed by atoms with van der Waals surface area (Å²) in [5.41, 5.74) is 1.92. The predicted octanol–water partition coefficient (Wildman–Crippen LogP) is 4.16. The summed E-state index contributed by atoms with van der Waals surface area (Å²) in [6.45, 7) is 2.46. The monoisotopic (exact) mass is 296 g/mol. The molecule has 6 heteroatoms. The van der Waals surface area contributed by atoms with Crippen LogP contribution in [0.1, 0.15) is 24.1 Å². The summed E-state index contributed by atoms with van der Waals surface area (Å²) in [4.78, 5) is 10.5. The zero-order valence-electron chi connectivity index (χ0n) is 10.3. The molecule has 0 saturated heterocycles. The average Bonchev–Trinajstić information content (AvgIpc) is 2.83. The molecule has 4 nitrogen and oxygen atoms in total. The molecule has 2 rings (SSSR count). The zero-order valence-corrected chi connectivity index (χ0v) is 11.9. The molecule has 1 atom stereocenters. The highest BCUT2D eigenvalue weighted by Gasteiger charge is 2.13. The van der Waals surface area contributed by atoms with Crippen LogP contribution in [-0.4, -0.2) is 4.92 Å². The van der Waals surface area contributed by atoms with E-state index >= 15 is 0 Å². The van der Waals surface area contributed by atoms with E-state index in [2.05, 4.69) is 5.32 Å². The van der Waals surface area contributed by atoms with Crippen LogP contribution in [0, 0.1) is 10.1 Å². The Morgan fingerprint density at radius 1 is 1.47 bits per heavy atom. The van der Waals surface area contributed by atoms with Gasteiger partial charge in [0.15, 0.2) is 0 Å². The fraction of sp³-hybridized carbons (Fsp3) is 0.231. The van der Waals surface area contributed by atoms with Gasteiger partial charge in [0.1, 0.15) is 0 Å². The van der Waals surface area contributed by atoms with Gasteiger partial charge in [0.25, 0.3) is 5.69 Å². The SMILES string of the molecule is CC(NCc1ccccc1[N+](=O)[O-])c1csc(Cl)c1. The van der Waals surface area contributed by atoms with Gasteiger partial charge in [-0.05, 0) is 23.9 Å². The van der Waals surface area contributed by atoms with Crippen LogP contribution in [0.4, 0.5) is 5.69 Å². The van der Waals surface area contributed by atoms with Crippen LogP contribution in [-0.2, 0) is 6.54 Å². The minimum Gasteiger partial charge on any atom is -0.306 e. The van der Waals surface area contributed by atoms with E-state index in [9.17, 15) is 10.1 Å². The third kappa shape index (κ3) is 3.53. The number of hydrogen-bond donors (Lipinski definition) is 1. The molecule has 0 aliphatic rings. The van der Waals surface area contributed by atoms with Gasteiger partial charge in [0.05, 0.1) is 9.26 Å². The summed E-state index contributed by atoms with van der Waals surface area (Å²) in [5.74, 6) is 0. The summed E-state index contributed by atoms with van der Waals surface area (Å²) in [6, 6.07) is 8.76. The minimum absolute atomic E-state index is 0.101. The maximum atomic E-state index is 10.9. The number of rotatable bonds is 5. The van der Waals surface area contributed by atoms with Crippen LogP contribution in [0.25, 0.3) is 0 Å². The van der Waals surface area contributed by atoms with Crippen LogP contribution in [0.15, 0.2) is 35.7 Å². The molecule has 0 fully saturated rings. The molecule has 1 heterocycles. The van der Waals surface area contributed by atoms with Gasteiger partial charge in [-0.3, -0.25) is 10.1 Å². The first-order chi connectivity index (χ1) is 9.08. The predicted molar refractivity (Wildman–Crippen MR) is 77.7 cm³/mol. The van der Waals surface area contributed by atoms with Gasteiger partial charge in [0, 0.05) is 24.2 Å². The normalized spacial score (nSPS) is 12.3. The maximum absolute atomic E-state index is 10.9. The summed E-state index contributed by atoms with van der Waals surface area (Å²) in [5, 5.41) is 16.2. The average molecular weight is 297 g/mol. The number of nitrogens with zero attached hydrogens (tertiary/aromatic N) is 1. The fourth-order valence-corrected chi connectivity index (χ4v) is 2.75. The Balaban J connectivity index is 2.05. The topological polar surface area (TPSA) is 55.2 Å². The van der Waals surface area contributed by atoms with E-state index in [1.165, 1.54) is 17.4 Å². The van der Waals surface area contributed by atoms with Gasteiger partial charge < -0.3 is 5.32 Å². The van der Waals surface area contributed by atoms with Crippen LogP contribution >= 0.6 is 22.9 Å². The number of thiophene rings is 1. The number of hydrogen-bond acceptors (Lipinski definition) is 4.